The Bertz CT molecular complexity index is 534. The van der Waals surface area contributed by atoms with E-state index in [1.54, 1.807) is 7.05 Å². The molecule has 8 nitrogen and oxygen atoms in total. The molecular formula is C11H19N5O3S. The fourth-order valence-corrected chi connectivity index (χ4v) is 3.38. The third-order valence-electron chi connectivity index (χ3n) is 3.32. The van der Waals surface area contributed by atoms with Crippen LogP contribution in [0.1, 0.15) is 12.8 Å². The Morgan fingerprint density at radius 2 is 2.20 bits per heavy atom. The number of sulfonamides is 1. The van der Waals surface area contributed by atoms with E-state index in [-0.39, 0.29) is 17.0 Å². The molecule has 0 aromatic carbocycles. The zero-order chi connectivity index (χ0) is 14.6. The number of hydrogen-bond acceptors (Lipinski definition) is 5. The van der Waals surface area contributed by atoms with Gasteiger partial charge in [0.05, 0.1) is 12.7 Å². The highest BCUT2D eigenvalue weighted by atomic mass is 32.2. The van der Waals surface area contributed by atoms with Gasteiger partial charge >= 0.3 is 0 Å². The number of likely N-dealkylation sites (N-methyl/N-ethyl adjacent to an activating group) is 1. The number of H-pyrrole nitrogens is 1. The molecule has 0 aliphatic carbocycles. The molecule has 0 spiro atoms. The molecule has 1 aliphatic rings. The van der Waals surface area contributed by atoms with Crippen LogP contribution in [-0.4, -0.2) is 62.1 Å². The molecule has 20 heavy (non-hydrogen) atoms. The first-order valence-corrected chi connectivity index (χ1v) is 7.94. The van der Waals surface area contributed by atoms with Gasteiger partial charge in [0.1, 0.15) is 0 Å². The minimum Gasteiger partial charge on any atom is -0.358 e. The van der Waals surface area contributed by atoms with Crippen molar-refractivity contribution in [3.05, 3.63) is 12.3 Å². The molecule has 0 saturated carbocycles. The molecule has 2 rings (SSSR count). The van der Waals surface area contributed by atoms with E-state index >= 15 is 0 Å². The first kappa shape index (κ1) is 14.9. The number of carbonyl (C=O) groups is 1. The predicted molar refractivity (Wildman–Crippen MR) is 72.4 cm³/mol. The molecule has 0 unspecified atom stereocenters. The Morgan fingerprint density at radius 1 is 1.50 bits per heavy atom. The van der Waals surface area contributed by atoms with Crippen molar-refractivity contribution in [2.75, 3.05) is 26.7 Å². The molecule has 0 bridgehead atoms. The Morgan fingerprint density at radius 3 is 2.75 bits per heavy atom. The number of carbonyl (C=O) groups excluding carboxylic acids is 1. The van der Waals surface area contributed by atoms with Crippen molar-refractivity contribution in [2.45, 2.75) is 23.9 Å². The van der Waals surface area contributed by atoms with Crippen molar-refractivity contribution in [1.29, 1.82) is 0 Å². The summed E-state index contributed by atoms with van der Waals surface area (Å²) >= 11 is 0. The van der Waals surface area contributed by atoms with E-state index in [9.17, 15) is 13.2 Å². The fraction of sp³-hybridized carbons (Fsp3) is 0.636. The van der Waals surface area contributed by atoms with Crippen molar-refractivity contribution in [1.82, 2.24) is 25.1 Å². The van der Waals surface area contributed by atoms with E-state index in [2.05, 4.69) is 20.2 Å². The summed E-state index contributed by atoms with van der Waals surface area (Å²) in [5.41, 5.74) is 0. The second-order valence-corrected chi connectivity index (χ2v) is 6.45. The lowest BCUT2D eigenvalue weighted by atomic mass is 10.1. The number of aromatic nitrogens is 2. The third kappa shape index (κ3) is 3.78. The van der Waals surface area contributed by atoms with Crippen LogP contribution >= 0.6 is 0 Å². The summed E-state index contributed by atoms with van der Waals surface area (Å²) < 4.78 is 26.7. The fourth-order valence-electron chi connectivity index (χ4n) is 2.17. The molecule has 112 valence electrons. The average molecular weight is 301 g/mol. The van der Waals surface area contributed by atoms with Gasteiger partial charge < -0.3 is 5.32 Å². The Hall–Kier alpha value is -1.45. The number of aromatic amines is 1. The Labute approximate surface area is 118 Å². The molecule has 1 saturated heterocycles. The summed E-state index contributed by atoms with van der Waals surface area (Å²) in [6.45, 7) is 1.75. The highest BCUT2D eigenvalue weighted by Crippen LogP contribution is 2.13. The molecule has 0 radical (unpaired) electrons. The maximum Gasteiger partial charge on any atom is 0.257 e. The van der Waals surface area contributed by atoms with E-state index in [0.29, 0.717) is 32.5 Å². The van der Waals surface area contributed by atoms with Crippen LogP contribution in [0, 0.1) is 0 Å². The number of amides is 1. The van der Waals surface area contributed by atoms with Gasteiger partial charge in [0.25, 0.3) is 10.0 Å². The van der Waals surface area contributed by atoms with E-state index in [1.807, 2.05) is 4.90 Å². The van der Waals surface area contributed by atoms with Gasteiger partial charge in [-0.15, -0.1) is 0 Å². The SMILES string of the molecule is CNC(=O)CN1CCC(NS(=O)(=O)c2ccn[nH]2)CC1. The maximum absolute atomic E-state index is 12.0. The lowest BCUT2D eigenvalue weighted by molar-refractivity contribution is -0.122. The highest BCUT2D eigenvalue weighted by Gasteiger charge is 2.25. The standard InChI is InChI=1S/C11H19N5O3S/c1-12-10(17)8-16-6-3-9(4-7-16)15-20(18,19)11-2-5-13-14-11/h2,5,9,15H,3-4,6-8H2,1H3,(H,12,17)(H,13,14). The van der Waals surface area contributed by atoms with Gasteiger partial charge in [0.2, 0.25) is 5.91 Å². The highest BCUT2D eigenvalue weighted by molar-refractivity contribution is 7.89. The summed E-state index contributed by atoms with van der Waals surface area (Å²) in [5.74, 6) is -0.0264. The van der Waals surface area contributed by atoms with E-state index in [0.717, 1.165) is 0 Å². The molecule has 2 heterocycles. The van der Waals surface area contributed by atoms with Crippen molar-refractivity contribution in [3.63, 3.8) is 0 Å². The van der Waals surface area contributed by atoms with Gasteiger partial charge in [0, 0.05) is 26.2 Å². The van der Waals surface area contributed by atoms with Crippen molar-refractivity contribution in [3.8, 4) is 0 Å². The number of rotatable bonds is 5. The molecule has 1 aromatic rings. The third-order valence-corrected chi connectivity index (χ3v) is 4.77. The van der Waals surface area contributed by atoms with Gasteiger partial charge in [0.15, 0.2) is 5.03 Å². The summed E-state index contributed by atoms with van der Waals surface area (Å²) in [7, 11) is -1.92. The van der Waals surface area contributed by atoms with Crippen molar-refractivity contribution >= 4 is 15.9 Å². The van der Waals surface area contributed by atoms with E-state index in [4.69, 9.17) is 0 Å². The quantitative estimate of drug-likeness (QED) is 0.640. The van der Waals surface area contributed by atoms with Crippen LogP contribution in [0.4, 0.5) is 0 Å². The smallest absolute Gasteiger partial charge is 0.257 e. The summed E-state index contributed by atoms with van der Waals surface area (Å²) in [6, 6.07) is 1.31. The Kier molecular flexibility index (Phi) is 4.73. The zero-order valence-corrected chi connectivity index (χ0v) is 12.1. The maximum atomic E-state index is 12.0. The first-order valence-electron chi connectivity index (χ1n) is 6.46. The monoisotopic (exact) mass is 301 g/mol. The molecule has 1 fully saturated rings. The molecule has 1 amide bonds. The van der Waals surface area contributed by atoms with Crippen LogP contribution in [0.25, 0.3) is 0 Å². The molecule has 1 aromatic heterocycles. The normalized spacial score (nSPS) is 18.1. The van der Waals surface area contributed by atoms with Crippen LogP contribution in [-0.2, 0) is 14.8 Å². The number of likely N-dealkylation sites (tertiary alicyclic amines) is 1. The zero-order valence-electron chi connectivity index (χ0n) is 11.3. The summed E-state index contributed by atoms with van der Waals surface area (Å²) in [5, 5.41) is 8.74. The van der Waals surface area contributed by atoms with Gasteiger partial charge in [-0.3, -0.25) is 14.8 Å². The first-order chi connectivity index (χ1) is 9.51. The molecule has 9 heteroatoms. The van der Waals surface area contributed by atoms with E-state index < -0.39 is 10.0 Å². The second kappa shape index (κ2) is 6.33. The van der Waals surface area contributed by atoms with Crippen molar-refractivity contribution in [2.24, 2.45) is 0 Å². The van der Waals surface area contributed by atoms with Crippen molar-refractivity contribution < 1.29 is 13.2 Å². The molecule has 0 atom stereocenters. The van der Waals surface area contributed by atoms with Crippen LogP contribution in [0.3, 0.4) is 0 Å². The lowest BCUT2D eigenvalue weighted by Crippen LogP contribution is -2.47. The number of nitrogens with one attached hydrogen (secondary N) is 3. The van der Waals surface area contributed by atoms with Crippen LogP contribution in [0.2, 0.25) is 0 Å². The van der Waals surface area contributed by atoms with Gasteiger partial charge in [-0.25, -0.2) is 13.1 Å². The molecule has 3 N–H and O–H groups in total. The summed E-state index contributed by atoms with van der Waals surface area (Å²) in [4.78, 5) is 13.3. The Balaban J connectivity index is 1.84. The van der Waals surface area contributed by atoms with Gasteiger partial charge in [-0.2, -0.15) is 5.10 Å². The molecular weight excluding hydrogens is 282 g/mol. The minimum absolute atomic E-state index is 0.0264. The number of piperidine rings is 1. The van der Waals surface area contributed by atoms with Gasteiger partial charge in [-0.05, 0) is 18.9 Å². The average Bonchev–Trinajstić information content (AvgIpc) is 2.95. The number of hydrogen-bond donors (Lipinski definition) is 3. The predicted octanol–water partition coefficient (Wildman–Crippen LogP) is -1.10. The van der Waals surface area contributed by atoms with Crippen LogP contribution in [0.5, 0.6) is 0 Å². The van der Waals surface area contributed by atoms with Gasteiger partial charge in [-0.1, -0.05) is 0 Å². The van der Waals surface area contributed by atoms with E-state index in [1.165, 1.54) is 12.3 Å². The molecule has 1 aliphatic heterocycles. The lowest BCUT2D eigenvalue weighted by Gasteiger charge is -2.31. The topological polar surface area (TPSA) is 107 Å². The number of nitrogens with zero attached hydrogens (tertiary/aromatic N) is 2. The largest absolute Gasteiger partial charge is 0.358 e. The second-order valence-electron chi connectivity index (χ2n) is 4.77. The minimum atomic E-state index is -3.53. The van der Waals surface area contributed by atoms with Crippen LogP contribution in [0.15, 0.2) is 17.3 Å². The summed E-state index contributed by atoms with van der Waals surface area (Å²) in [6.07, 6.45) is 2.77. The van der Waals surface area contributed by atoms with Crippen LogP contribution < -0.4 is 10.0 Å².